The van der Waals surface area contributed by atoms with Crippen molar-refractivity contribution in [2.24, 2.45) is 0 Å². The Morgan fingerprint density at radius 2 is 1.86 bits per heavy atom. The van der Waals surface area contributed by atoms with Gasteiger partial charge in [-0.25, -0.2) is 0 Å². The summed E-state index contributed by atoms with van der Waals surface area (Å²) in [7, 11) is 0. The topological polar surface area (TPSA) is 41.1 Å². The van der Waals surface area contributed by atoms with E-state index in [1.807, 2.05) is 38.1 Å². The monoisotopic (exact) mass is 318 g/mol. The Labute approximate surface area is 134 Å². The van der Waals surface area contributed by atoms with Crippen LogP contribution in [0.2, 0.25) is 5.02 Å². The summed E-state index contributed by atoms with van der Waals surface area (Å²) in [6.07, 6.45) is 0. The zero-order chi connectivity index (χ0) is 15.4. The molecule has 1 amide bonds. The Kier molecular flexibility index (Phi) is 4.94. The molecule has 2 N–H and O–H groups in total. The van der Waals surface area contributed by atoms with Gasteiger partial charge in [-0.3, -0.25) is 10.1 Å². The predicted octanol–water partition coefficient (Wildman–Crippen LogP) is 4.08. The van der Waals surface area contributed by atoms with E-state index < -0.39 is 0 Å². The predicted molar refractivity (Wildman–Crippen MR) is 91.1 cm³/mol. The Bertz CT molecular complexity index is 700. The highest BCUT2D eigenvalue weighted by atomic mass is 35.5. The number of anilines is 1. The van der Waals surface area contributed by atoms with Gasteiger partial charge >= 0.3 is 0 Å². The van der Waals surface area contributed by atoms with Crippen LogP contribution >= 0.6 is 23.8 Å². The van der Waals surface area contributed by atoms with Crippen LogP contribution in [0.25, 0.3) is 0 Å². The number of benzene rings is 2. The van der Waals surface area contributed by atoms with E-state index in [1.54, 1.807) is 18.2 Å². The fourth-order valence-electron chi connectivity index (χ4n) is 1.95. The third kappa shape index (κ3) is 4.03. The van der Waals surface area contributed by atoms with Crippen molar-refractivity contribution < 1.29 is 4.79 Å². The zero-order valence-corrected chi connectivity index (χ0v) is 13.3. The zero-order valence-electron chi connectivity index (χ0n) is 11.7. The van der Waals surface area contributed by atoms with Gasteiger partial charge in [-0.05, 0) is 49.8 Å². The lowest BCUT2D eigenvalue weighted by atomic mass is 10.1. The van der Waals surface area contributed by atoms with Crippen molar-refractivity contribution in [3.63, 3.8) is 0 Å². The first-order valence-corrected chi connectivity index (χ1v) is 7.20. The molecule has 0 aliphatic heterocycles. The van der Waals surface area contributed by atoms with Gasteiger partial charge in [0.2, 0.25) is 0 Å². The molecule has 0 heterocycles. The minimum absolute atomic E-state index is 0.216. The molecule has 2 aromatic rings. The van der Waals surface area contributed by atoms with Gasteiger partial charge in [0.25, 0.3) is 5.91 Å². The van der Waals surface area contributed by atoms with E-state index in [1.165, 1.54) is 0 Å². The molecule has 0 saturated carbocycles. The van der Waals surface area contributed by atoms with Crippen molar-refractivity contribution in [3.8, 4) is 0 Å². The Balaban J connectivity index is 2.06. The fraction of sp³-hybridized carbons (Fsp3) is 0.125. The van der Waals surface area contributed by atoms with Crippen molar-refractivity contribution in [2.45, 2.75) is 13.8 Å². The SMILES string of the molecule is Cc1ccc(C(=O)NC(=S)Nc2ccccc2Cl)c(C)c1. The van der Waals surface area contributed by atoms with E-state index in [0.717, 1.165) is 11.1 Å². The highest BCUT2D eigenvalue weighted by molar-refractivity contribution is 7.80. The molecule has 0 aliphatic rings. The van der Waals surface area contributed by atoms with Crippen LogP contribution in [-0.2, 0) is 0 Å². The third-order valence-corrected chi connectivity index (χ3v) is 3.51. The van der Waals surface area contributed by atoms with Crippen LogP contribution in [0.3, 0.4) is 0 Å². The van der Waals surface area contributed by atoms with Crippen LogP contribution < -0.4 is 10.6 Å². The van der Waals surface area contributed by atoms with E-state index in [-0.39, 0.29) is 11.0 Å². The van der Waals surface area contributed by atoms with E-state index in [2.05, 4.69) is 10.6 Å². The van der Waals surface area contributed by atoms with Gasteiger partial charge in [-0.1, -0.05) is 41.4 Å². The van der Waals surface area contributed by atoms with Gasteiger partial charge < -0.3 is 5.32 Å². The number of halogens is 1. The lowest BCUT2D eigenvalue weighted by molar-refractivity contribution is 0.0977. The quantitative estimate of drug-likeness (QED) is 0.820. The number of aryl methyl sites for hydroxylation is 2. The van der Waals surface area contributed by atoms with Gasteiger partial charge in [-0.15, -0.1) is 0 Å². The molecule has 0 bridgehead atoms. The number of carbonyl (C=O) groups is 1. The smallest absolute Gasteiger partial charge is 0.257 e. The molecule has 3 nitrogen and oxygen atoms in total. The normalized spacial score (nSPS) is 10.0. The summed E-state index contributed by atoms with van der Waals surface area (Å²) in [4.78, 5) is 12.2. The van der Waals surface area contributed by atoms with Crippen LogP contribution in [-0.4, -0.2) is 11.0 Å². The first-order valence-electron chi connectivity index (χ1n) is 6.41. The van der Waals surface area contributed by atoms with Gasteiger partial charge in [0.05, 0.1) is 10.7 Å². The lowest BCUT2D eigenvalue weighted by Gasteiger charge is -2.12. The number of thiocarbonyl (C=S) groups is 1. The van der Waals surface area contributed by atoms with E-state index in [4.69, 9.17) is 23.8 Å². The minimum atomic E-state index is -0.239. The van der Waals surface area contributed by atoms with Gasteiger partial charge in [0, 0.05) is 5.56 Å². The molecule has 5 heteroatoms. The summed E-state index contributed by atoms with van der Waals surface area (Å²) in [5.74, 6) is -0.239. The van der Waals surface area contributed by atoms with Crippen molar-refractivity contribution >= 4 is 40.5 Å². The average Bonchev–Trinajstić information content (AvgIpc) is 2.41. The summed E-state index contributed by atoms with van der Waals surface area (Å²) in [5.41, 5.74) is 3.28. The second kappa shape index (κ2) is 6.70. The number of nitrogens with one attached hydrogen (secondary N) is 2. The first-order chi connectivity index (χ1) is 9.97. The Hall–Kier alpha value is -1.91. The molecule has 0 fully saturated rings. The standard InChI is InChI=1S/C16H15ClN2OS/c1-10-7-8-12(11(2)9-10)15(20)19-16(21)18-14-6-4-3-5-13(14)17/h3-9H,1-2H3,(H2,18,19,20,21). The molecule has 0 aromatic heterocycles. The molecule has 0 saturated heterocycles. The molecule has 21 heavy (non-hydrogen) atoms. The number of para-hydroxylation sites is 1. The first kappa shape index (κ1) is 15.5. The number of hydrogen-bond acceptors (Lipinski definition) is 2. The highest BCUT2D eigenvalue weighted by Crippen LogP contribution is 2.20. The van der Waals surface area contributed by atoms with Crippen LogP contribution in [0.1, 0.15) is 21.5 Å². The summed E-state index contributed by atoms with van der Waals surface area (Å²) >= 11 is 11.2. The number of hydrogen-bond donors (Lipinski definition) is 2. The third-order valence-electron chi connectivity index (χ3n) is 2.98. The highest BCUT2D eigenvalue weighted by Gasteiger charge is 2.11. The van der Waals surface area contributed by atoms with E-state index >= 15 is 0 Å². The maximum atomic E-state index is 12.2. The van der Waals surface area contributed by atoms with E-state index in [9.17, 15) is 4.79 Å². The second-order valence-corrected chi connectivity index (χ2v) is 5.52. The lowest BCUT2D eigenvalue weighted by Crippen LogP contribution is -2.34. The molecule has 0 radical (unpaired) electrons. The second-order valence-electron chi connectivity index (χ2n) is 4.71. The largest absolute Gasteiger partial charge is 0.331 e. The summed E-state index contributed by atoms with van der Waals surface area (Å²) < 4.78 is 0. The summed E-state index contributed by atoms with van der Waals surface area (Å²) in [6, 6.07) is 12.8. The molecule has 2 rings (SSSR count). The van der Waals surface area contributed by atoms with Crippen LogP contribution in [0.15, 0.2) is 42.5 Å². The number of rotatable bonds is 2. The molecule has 0 unspecified atom stereocenters. The van der Waals surface area contributed by atoms with E-state index in [0.29, 0.717) is 16.3 Å². The molecule has 0 aliphatic carbocycles. The van der Waals surface area contributed by atoms with Crippen LogP contribution in [0.5, 0.6) is 0 Å². The maximum absolute atomic E-state index is 12.2. The number of amides is 1. The molecule has 2 aromatic carbocycles. The van der Waals surface area contributed by atoms with Crippen LogP contribution in [0.4, 0.5) is 5.69 Å². The van der Waals surface area contributed by atoms with Crippen molar-refractivity contribution in [3.05, 3.63) is 64.2 Å². The molecule has 0 spiro atoms. The molecule has 0 atom stereocenters. The van der Waals surface area contributed by atoms with Crippen molar-refractivity contribution in [1.29, 1.82) is 0 Å². The minimum Gasteiger partial charge on any atom is -0.331 e. The summed E-state index contributed by atoms with van der Waals surface area (Å²) in [6.45, 7) is 3.88. The Morgan fingerprint density at radius 1 is 1.14 bits per heavy atom. The maximum Gasteiger partial charge on any atom is 0.257 e. The fourth-order valence-corrected chi connectivity index (χ4v) is 2.34. The van der Waals surface area contributed by atoms with Crippen molar-refractivity contribution in [2.75, 3.05) is 5.32 Å². The van der Waals surface area contributed by atoms with Gasteiger partial charge in [0.1, 0.15) is 0 Å². The molecule has 108 valence electrons. The van der Waals surface area contributed by atoms with Crippen molar-refractivity contribution in [1.82, 2.24) is 5.32 Å². The molecular formula is C16H15ClN2OS. The number of carbonyl (C=O) groups excluding carboxylic acids is 1. The molecular weight excluding hydrogens is 304 g/mol. The van der Waals surface area contributed by atoms with Gasteiger partial charge in [0.15, 0.2) is 5.11 Å². The Morgan fingerprint density at radius 3 is 2.52 bits per heavy atom. The van der Waals surface area contributed by atoms with Gasteiger partial charge in [-0.2, -0.15) is 0 Å². The average molecular weight is 319 g/mol. The summed E-state index contributed by atoms with van der Waals surface area (Å²) in [5, 5.41) is 6.32. The van der Waals surface area contributed by atoms with Crippen LogP contribution in [0, 0.1) is 13.8 Å².